The zero-order chi connectivity index (χ0) is 21.1. The van der Waals surface area contributed by atoms with E-state index >= 15 is 0 Å². The van der Waals surface area contributed by atoms with Gasteiger partial charge in [-0.3, -0.25) is 4.79 Å². The average molecular weight is 422 g/mol. The monoisotopic (exact) mass is 422 g/mol. The Morgan fingerprint density at radius 3 is 2.50 bits per heavy atom. The van der Waals surface area contributed by atoms with Crippen molar-refractivity contribution in [1.82, 2.24) is 14.9 Å². The van der Waals surface area contributed by atoms with E-state index in [0.29, 0.717) is 16.8 Å². The zero-order valence-corrected chi connectivity index (χ0v) is 16.8. The van der Waals surface area contributed by atoms with Crippen LogP contribution in [0.3, 0.4) is 0 Å². The van der Waals surface area contributed by atoms with E-state index < -0.39 is 21.7 Å². The van der Waals surface area contributed by atoms with E-state index in [0.717, 1.165) is 5.69 Å². The first-order chi connectivity index (χ1) is 14.4. The molecule has 4 aromatic rings. The molecule has 30 heavy (non-hydrogen) atoms. The predicted molar refractivity (Wildman–Crippen MR) is 113 cm³/mol. The van der Waals surface area contributed by atoms with Gasteiger partial charge in [0.25, 0.3) is 5.91 Å². The third-order valence-electron chi connectivity index (χ3n) is 4.52. The van der Waals surface area contributed by atoms with Crippen molar-refractivity contribution >= 4 is 38.4 Å². The topological polar surface area (TPSA) is 105 Å². The van der Waals surface area contributed by atoms with E-state index in [-0.39, 0.29) is 11.3 Å². The van der Waals surface area contributed by atoms with Crippen molar-refractivity contribution in [3.05, 3.63) is 84.2 Å². The summed E-state index contributed by atoms with van der Waals surface area (Å²) in [6, 6.07) is 19.7. The number of fused-ring (bicyclic) bond motifs is 1. The smallest absolute Gasteiger partial charge is 0.266 e. The number of carbonyl (C=O) groups excluding carboxylic acids is 1. The molecule has 1 N–H and O–H groups in total. The number of carbonyl (C=O) groups is 1. The maximum atomic E-state index is 12.4. The maximum absolute atomic E-state index is 12.4. The van der Waals surface area contributed by atoms with E-state index in [2.05, 4.69) is 14.9 Å². The molecule has 0 aliphatic rings. The lowest BCUT2D eigenvalue weighted by Gasteiger charge is -2.18. The first-order valence-corrected chi connectivity index (χ1v) is 10.7. The van der Waals surface area contributed by atoms with Crippen molar-refractivity contribution in [2.75, 3.05) is 11.9 Å². The van der Waals surface area contributed by atoms with Crippen molar-refractivity contribution in [1.29, 1.82) is 0 Å². The Bertz CT molecular complexity index is 1290. The Morgan fingerprint density at radius 1 is 1.03 bits per heavy atom. The highest BCUT2D eigenvalue weighted by Crippen LogP contribution is 2.21. The van der Waals surface area contributed by atoms with Crippen LogP contribution in [0.4, 0.5) is 11.5 Å². The molecule has 0 aliphatic heterocycles. The maximum Gasteiger partial charge on any atom is 0.266 e. The number of amides is 1. The molecule has 0 bridgehead atoms. The third-order valence-corrected chi connectivity index (χ3v) is 5.67. The highest BCUT2D eigenvalue weighted by atomic mass is 32.2. The summed E-state index contributed by atoms with van der Waals surface area (Å²) in [6.45, 7) is 0. The molecule has 0 spiro atoms. The van der Waals surface area contributed by atoms with Crippen LogP contribution >= 0.6 is 0 Å². The first-order valence-electron chi connectivity index (χ1n) is 9.06. The van der Waals surface area contributed by atoms with Crippen LogP contribution in [0.2, 0.25) is 0 Å². The Balaban J connectivity index is 1.46. The molecule has 0 saturated heterocycles. The second kappa shape index (κ2) is 7.96. The summed E-state index contributed by atoms with van der Waals surface area (Å²) in [7, 11) is -2.12. The summed E-state index contributed by atoms with van der Waals surface area (Å²) in [5, 5.41) is 4.39. The SMILES string of the molecule is CN(c1ccccc1)c1ccc(C(=O)NS(=O)(=O)Cc2noc3ccccc23)cn1. The number of hydrogen-bond donors (Lipinski definition) is 1. The van der Waals surface area contributed by atoms with Crippen molar-refractivity contribution < 1.29 is 17.7 Å². The summed E-state index contributed by atoms with van der Waals surface area (Å²) in [6.07, 6.45) is 1.34. The molecule has 0 aliphatic carbocycles. The van der Waals surface area contributed by atoms with E-state index in [1.807, 2.05) is 42.3 Å². The number of sulfonamides is 1. The van der Waals surface area contributed by atoms with Gasteiger partial charge in [0.15, 0.2) is 5.58 Å². The molecular weight excluding hydrogens is 404 g/mol. The molecule has 1 amide bonds. The van der Waals surface area contributed by atoms with E-state index in [1.165, 1.54) is 12.3 Å². The van der Waals surface area contributed by atoms with Crippen LogP contribution in [0, 0.1) is 0 Å². The van der Waals surface area contributed by atoms with Gasteiger partial charge in [-0.2, -0.15) is 0 Å². The lowest BCUT2D eigenvalue weighted by molar-refractivity contribution is 0.0981. The van der Waals surface area contributed by atoms with Gasteiger partial charge in [-0.15, -0.1) is 0 Å². The molecular formula is C21H18N4O4S. The Hall–Kier alpha value is -3.72. The van der Waals surface area contributed by atoms with Gasteiger partial charge >= 0.3 is 0 Å². The molecule has 152 valence electrons. The van der Waals surface area contributed by atoms with Crippen LogP contribution in [0.15, 0.2) is 77.4 Å². The van der Waals surface area contributed by atoms with Crippen LogP contribution < -0.4 is 9.62 Å². The number of hydrogen-bond acceptors (Lipinski definition) is 7. The van der Waals surface area contributed by atoms with Gasteiger partial charge in [0.2, 0.25) is 10.0 Å². The number of aromatic nitrogens is 2. The lowest BCUT2D eigenvalue weighted by Crippen LogP contribution is -2.31. The number of benzene rings is 2. The van der Waals surface area contributed by atoms with Gasteiger partial charge in [-0.25, -0.2) is 18.1 Å². The minimum absolute atomic E-state index is 0.133. The van der Waals surface area contributed by atoms with Crippen molar-refractivity contribution in [3.8, 4) is 0 Å². The molecule has 2 aromatic heterocycles. The fraction of sp³-hybridized carbons (Fsp3) is 0.0952. The minimum atomic E-state index is -3.97. The molecule has 8 nitrogen and oxygen atoms in total. The number of nitrogens with one attached hydrogen (secondary N) is 1. The van der Waals surface area contributed by atoms with Gasteiger partial charge in [0.1, 0.15) is 17.3 Å². The molecule has 2 aromatic carbocycles. The van der Waals surface area contributed by atoms with Gasteiger partial charge in [-0.1, -0.05) is 35.5 Å². The molecule has 9 heteroatoms. The van der Waals surface area contributed by atoms with Crippen molar-refractivity contribution in [3.63, 3.8) is 0 Å². The van der Waals surface area contributed by atoms with Crippen LogP contribution in [-0.4, -0.2) is 31.5 Å². The quantitative estimate of drug-likeness (QED) is 0.508. The van der Waals surface area contributed by atoms with E-state index in [1.54, 1.807) is 30.3 Å². The normalized spacial score (nSPS) is 11.4. The zero-order valence-electron chi connectivity index (χ0n) is 16.0. The van der Waals surface area contributed by atoms with Gasteiger partial charge in [0.05, 0.1) is 5.56 Å². The number of para-hydroxylation sites is 2. The summed E-state index contributed by atoms with van der Waals surface area (Å²) in [5.74, 6) is -0.614. The minimum Gasteiger partial charge on any atom is -0.356 e. The number of rotatable bonds is 6. The Morgan fingerprint density at radius 2 is 1.77 bits per heavy atom. The summed E-state index contributed by atoms with van der Waals surface area (Å²) < 4.78 is 32.1. The highest BCUT2D eigenvalue weighted by Gasteiger charge is 2.21. The van der Waals surface area contributed by atoms with E-state index in [4.69, 9.17) is 4.52 Å². The summed E-state index contributed by atoms with van der Waals surface area (Å²) >= 11 is 0. The Labute approximate surface area is 173 Å². The molecule has 0 fully saturated rings. The summed E-state index contributed by atoms with van der Waals surface area (Å²) in [5.41, 5.74) is 1.79. The molecule has 4 rings (SSSR count). The first kappa shape index (κ1) is 19.6. The number of nitrogens with zero attached hydrogens (tertiary/aromatic N) is 3. The second-order valence-electron chi connectivity index (χ2n) is 6.62. The van der Waals surface area contributed by atoms with Gasteiger partial charge < -0.3 is 9.42 Å². The Kier molecular flexibility index (Phi) is 5.20. The highest BCUT2D eigenvalue weighted by molar-refractivity contribution is 7.89. The standard InChI is InChI=1S/C21H18N4O4S/c1-25(16-7-3-2-4-8-16)20-12-11-15(13-22-20)21(26)24-30(27,28)14-18-17-9-5-6-10-19(17)29-23-18/h2-13H,14H2,1H3,(H,24,26). The molecule has 0 unspecified atom stereocenters. The largest absolute Gasteiger partial charge is 0.356 e. The molecule has 0 radical (unpaired) electrons. The van der Waals surface area contributed by atoms with Crippen molar-refractivity contribution in [2.24, 2.45) is 0 Å². The molecule has 2 heterocycles. The fourth-order valence-corrected chi connectivity index (χ4v) is 4.00. The van der Waals surface area contributed by atoms with Crippen molar-refractivity contribution in [2.45, 2.75) is 5.75 Å². The summed E-state index contributed by atoms with van der Waals surface area (Å²) in [4.78, 5) is 18.5. The molecule has 0 atom stereocenters. The second-order valence-corrected chi connectivity index (χ2v) is 8.34. The van der Waals surface area contributed by atoms with Crippen LogP contribution in [0.1, 0.15) is 16.1 Å². The lowest BCUT2D eigenvalue weighted by atomic mass is 10.2. The average Bonchev–Trinajstić information content (AvgIpc) is 3.16. The third kappa shape index (κ3) is 4.15. The number of anilines is 2. The van der Waals surface area contributed by atoms with E-state index in [9.17, 15) is 13.2 Å². The van der Waals surface area contributed by atoms with Crippen LogP contribution in [-0.2, 0) is 15.8 Å². The fourth-order valence-electron chi connectivity index (χ4n) is 2.96. The van der Waals surface area contributed by atoms with Crippen LogP contribution in [0.25, 0.3) is 11.0 Å². The number of pyridine rings is 1. The van der Waals surface area contributed by atoms with Gasteiger partial charge in [-0.05, 0) is 36.4 Å². The predicted octanol–water partition coefficient (Wildman–Crippen LogP) is 3.25. The van der Waals surface area contributed by atoms with Gasteiger partial charge in [0, 0.05) is 24.3 Å². The molecule has 0 saturated carbocycles. The van der Waals surface area contributed by atoms with Crippen LogP contribution in [0.5, 0.6) is 0 Å².